The van der Waals surface area contributed by atoms with Crippen LogP contribution in [0.3, 0.4) is 0 Å². The zero-order valence-electron chi connectivity index (χ0n) is 30.0. The Balaban J connectivity index is 1.25. The second-order valence-corrected chi connectivity index (χ2v) is 13.7. The second-order valence-electron chi connectivity index (χ2n) is 13.7. The first-order valence-electron chi connectivity index (χ1n) is 18.4. The summed E-state index contributed by atoms with van der Waals surface area (Å²) in [5, 5.41) is 5.35. The second kappa shape index (κ2) is 13.9. The molecule has 0 saturated heterocycles. The van der Waals surface area contributed by atoms with E-state index in [0.29, 0.717) is 0 Å². The van der Waals surface area contributed by atoms with Gasteiger partial charge in [-0.25, -0.2) is 0 Å². The Labute approximate surface area is 315 Å². The first-order valence-corrected chi connectivity index (χ1v) is 18.4. The van der Waals surface area contributed by atoms with E-state index >= 15 is 0 Å². The van der Waals surface area contributed by atoms with Crippen molar-refractivity contribution in [3.8, 4) is 11.1 Å². The van der Waals surface area contributed by atoms with Crippen molar-refractivity contribution in [2.75, 3.05) is 0 Å². The molecule has 0 spiro atoms. The van der Waals surface area contributed by atoms with Crippen LogP contribution < -0.4 is 10.4 Å². The summed E-state index contributed by atoms with van der Waals surface area (Å²) in [5.41, 5.74) is 12.5. The fourth-order valence-corrected chi connectivity index (χ4v) is 7.75. The fourth-order valence-electron chi connectivity index (χ4n) is 7.75. The largest absolute Gasteiger partial charge is 0.456 e. The number of para-hydroxylation sites is 2. The summed E-state index contributed by atoms with van der Waals surface area (Å²) in [5.74, 6) is 0.735. The zero-order valence-corrected chi connectivity index (χ0v) is 30.0. The molecule has 1 aliphatic carbocycles. The van der Waals surface area contributed by atoms with Crippen molar-refractivity contribution in [3.63, 3.8) is 0 Å². The van der Waals surface area contributed by atoms with Gasteiger partial charge in [-0.2, -0.15) is 0 Å². The van der Waals surface area contributed by atoms with Gasteiger partial charge in [0, 0.05) is 27.3 Å². The van der Waals surface area contributed by atoms with Crippen LogP contribution in [0.5, 0.6) is 0 Å². The Kier molecular flexibility index (Phi) is 8.49. The van der Waals surface area contributed by atoms with Crippen molar-refractivity contribution >= 4 is 60.8 Å². The molecule has 258 valence electrons. The van der Waals surface area contributed by atoms with E-state index in [1.165, 1.54) is 0 Å². The molecule has 0 aliphatic heterocycles. The molecular formula is C52H38O2. The molecule has 2 nitrogen and oxygen atoms in total. The third-order valence-corrected chi connectivity index (χ3v) is 10.5. The van der Waals surface area contributed by atoms with Crippen LogP contribution in [0.25, 0.3) is 71.9 Å². The van der Waals surface area contributed by atoms with Gasteiger partial charge < -0.3 is 8.83 Å². The number of furan rings is 2. The van der Waals surface area contributed by atoms with Crippen LogP contribution in [-0.4, -0.2) is 0 Å². The molecule has 2 aromatic heterocycles. The minimum Gasteiger partial charge on any atom is -0.456 e. The van der Waals surface area contributed by atoms with Crippen molar-refractivity contribution in [3.05, 3.63) is 223 Å². The highest BCUT2D eigenvalue weighted by Crippen LogP contribution is 2.42. The zero-order chi connectivity index (χ0) is 36.6. The van der Waals surface area contributed by atoms with Crippen molar-refractivity contribution < 1.29 is 8.83 Å². The smallest absolute Gasteiger partial charge is 0.143 e. The highest BCUT2D eigenvalue weighted by atomic mass is 16.3. The average Bonchev–Trinajstić information content (AvgIpc) is 3.80. The third kappa shape index (κ3) is 5.79. The van der Waals surface area contributed by atoms with Gasteiger partial charge in [0.2, 0.25) is 0 Å². The molecule has 9 rings (SSSR count). The van der Waals surface area contributed by atoms with E-state index in [4.69, 9.17) is 22.0 Å². The monoisotopic (exact) mass is 694 g/mol. The molecule has 2 heterocycles. The van der Waals surface area contributed by atoms with Gasteiger partial charge in [0.25, 0.3) is 0 Å². The minimum absolute atomic E-state index is 0.735. The molecule has 0 atom stereocenters. The van der Waals surface area contributed by atoms with Crippen LogP contribution in [0.2, 0.25) is 0 Å². The maximum Gasteiger partial charge on any atom is 0.143 e. The normalized spacial score (nSPS) is 14.6. The van der Waals surface area contributed by atoms with Gasteiger partial charge in [-0.1, -0.05) is 165 Å². The Bertz CT molecular complexity index is 2980. The molecule has 6 aromatic carbocycles. The van der Waals surface area contributed by atoms with Gasteiger partial charge in [0.05, 0.1) is 0 Å². The Morgan fingerprint density at radius 3 is 1.69 bits per heavy atom. The van der Waals surface area contributed by atoms with Gasteiger partial charge in [-0.05, 0) is 92.1 Å². The number of fused-ring (bicyclic) bond motifs is 5. The summed E-state index contributed by atoms with van der Waals surface area (Å²) in [7, 11) is 0. The van der Waals surface area contributed by atoms with Crippen molar-refractivity contribution in [2.45, 2.75) is 12.8 Å². The molecule has 0 radical (unpaired) electrons. The summed E-state index contributed by atoms with van der Waals surface area (Å²) in [6, 6.07) is 50.2. The predicted molar refractivity (Wildman–Crippen MR) is 228 cm³/mol. The maximum absolute atomic E-state index is 6.78. The van der Waals surface area contributed by atoms with Crippen molar-refractivity contribution in [1.29, 1.82) is 0 Å². The Hall–Kier alpha value is -6.90. The number of hydrogen-bond acceptors (Lipinski definition) is 2. The van der Waals surface area contributed by atoms with Gasteiger partial charge >= 0.3 is 0 Å². The van der Waals surface area contributed by atoms with Crippen molar-refractivity contribution in [1.82, 2.24) is 0 Å². The molecule has 0 fully saturated rings. The lowest BCUT2D eigenvalue weighted by molar-refractivity contribution is 0.603. The molecule has 0 saturated carbocycles. The molecule has 0 amide bonds. The van der Waals surface area contributed by atoms with Crippen LogP contribution in [0.4, 0.5) is 0 Å². The molecule has 8 aromatic rings. The first kappa shape index (κ1) is 33.0. The van der Waals surface area contributed by atoms with E-state index in [0.717, 1.165) is 118 Å². The molecule has 0 bridgehead atoms. The highest BCUT2D eigenvalue weighted by molar-refractivity contribution is 6.12. The van der Waals surface area contributed by atoms with E-state index in [2.05, 4.69) is 140 Å². The molecule has 1 aliphatic rings. The summed E-state index contributed by atoms with van der Waals surface area (Å²) in [4.78, 5) is 0. The van der Waals surface area contributed by atoms with Crippen LogP contribution in [0.15, 0.2) is 198 Å². The fraction of sp³-hybridized carbons (Fsp3) is 0.0385. The minimum atomic E-state index is 0.735. The van der Waals surface area contributed by atoms with Gasteiger partial charge in [0.15, 0.2) is 0 Å². The standard InChI is InChI=1S/C52H38O2/c1-34(37-19-7-6-8-20-37)39-23-11-12-24-40(39)35(2)41-21-9-4-5-10-22-42(44-26-14-13-25-43(41)44)36(3)52-51(47-28-16-18-30-49(47)54-52)38-31-32-46-45-27-15-17-29-48(45)53-50(46)33-38/h6-33H,1-5H2/b21-9?,22-10+,43-41?,44-42+. The summed E-state index contributed by atoms with van der Waals surface area (Å²) in [6.45, 7) is 14.1. The van der Waals surface area contributed by atoms with Crippen LogP contribution in [0, 0.1) is 0 Å². The van der Waals surface area contributed by atoms with Crippen LogP contribution in [0.1, 0.15) is 35.3 Å². The van der Waals surface area contributed by atoms with E-state index in [1.54, 1.807) is 0 Å². The van der Waals surface area contributed by atoms with E-state index in [-0.39, 0.29) is 0 Å². The topological polar surface area (TPSA) is 26.3 Å². The van der Waals surface area contributed by atoms with Gasteiger partial charge in [0.1, 0.15) is 22.5 Å². The molecule has 2 heteroatoms. The predicted octanol–water partition coefficient (Wildman–Crippen LogP) is 12.7. The van der Waals surface area contributed by atoms with Gasteiger partial charge in [-0.15, -0.1) is 0 Å². The van der Waals surface area contributed by atoms with Crippen molar-refractivity contribution in [2.24, 2.45) is 0 Å². The average molecular weight is 695 g/mol. The lowest BCUT2D eigenvalue weighted by Gasteiger charge is -2.17. The van der Waals surface area contributed by atoms with Gasteiger partial charge in [-0.3, -0.25) is 0 Å². The summed E-state index contributed by atoms with van der Waals surface area (Å²) in [6.07, 6.45) is 10.7. The first-order chi connectivity index (χ1) is 26.6. The highest BCUT2D eigenvalue weighted by Gasteiger charge is 2.22. The molecule has 54 heavy (non-hydrogen) atoms. The number of benzene rings is 6. The van der Waals surface area contributed by atoms with Crippen LogP contribution in [-0.2, 0) is 0 Å². The molecule has 0 unspecified atom stereocenters. The SMILES string of the molecule is C=C(C1=c2cccc/c2=C(C(=C)c2oc3ccccc3c2-c2ccc3c(c2)oc2ccccc23)/C=C/CCC=C1)c1ccccc1C(=C)c1ccccc1. The third-order valence-electron chi connectivity index (χ3n) is 10.5. The lowest BCUT2D eigenvalue weighted by Crippen LogP contribution is -2.29. The maximum atomic E-state index is 6.78. The quantitative estimate of drug-likeness (QED) is 0.166. The Morgan fingerprint density at radius 2 is 0.981 bits per heavy atom. The summed E-state index contributed by atoms with van der Waals surface area (Å²) >= 11 is 0. The number of allylic oxidation sites excluding steroid dienone is 6. The van der Waals surface area contributed by atoms with E-state index < -0.39 is 0 Å². The number of rotatable bonds is 7. The lowest BCUT2D eigenvalue weighted by atomic mass is 9.87. The number of hydrogen-bond donors (Lipinski definition) is 0. The molecular weight excluding hydrogens is 657 g/mol. The van der Waals surface area contributed by atoms with Crippen LogP contribution >= 0.6 is 0 Å². The van der Waals surface area contributed by atoms with E-state index in [9.17, 15) is 0 Å². The summed E-state index contributed by atoms with van der Waals surface area (Å²) < 4.78 is 13.1. The Morgan fingerprint density at radius 1 is 0.444 bits per heavy atom. The molecule has 0 N–H and O–H groups in total. The van der Waals surface area contributed by atoms with E-state index in [1.807, 2.05) is 36.4 Å².